The molecule has 0 aliphatic rings. The minimum Gasteiger partial charge on any atom is -0.383 e. The van der Waals surface area contributed by atoms with E-state index in [0.29, 0.717) is 24.7 Å². The average molecular weight is 251 g/mol. The number of amides is 1. The third kappa shape index (κ3) is 4.00. The first-order valence-corrected chi connectivity index (χ1v) is 6.15. The topological polar surface area (TPSA) is 77.2 Å². The van der Waals surface area contributed by atoms with Gasteiger partial charge in [-0.2, -0.15) is 0 Å². The molecule has 1 amide bonds. The number of nitrogens with one attached hydrogen (secondary N) is 1. The molecule has 1 aromatic heterocycles. The summed E-state index contributed by atoms with van der Waals surface area (Å²) >= 11 is 0. The van der Waals surface area contributed by atoms with Gasteiger partial charge in [0.05, 0.1) is 18.2 Å². The van der Waals surface area contributed by atoms with Gasteiger partial charge in [0.25, 0.3) is 5.91 Å². The highest BCUT2D eigenvalue weighted by Crippen LogP contribution is 2.09. The van der Waals surface area contributed by atoms with E-state index in [4.69, 9.17) is 10.5 Å². The number of carbonyl (C=O) groups is 1. The molecular formula is C13H21N3O2. The Morgan fingerprint density at radius 2 is 2.28 bits per heavy atom. The molecule has 0 fully saturated rings. The first-order chi connectivity index (χ1) is 8.56. The van der Waals surface area contributed by atoms with Crippen molar-refractivity contribution in [2.24, 2.45) is 5.92 Å². The Hall–Kier alpha value is -1.62. The normalized spacial score (nSPS) is 12.4. The van der Waals surface area contributed by atoms with Crippen LogP contribution < -0.4 is 11.1 Å². The third-order valence-corrected chi connectivity index (χ3v) is 2.71. The number of ether oxygens (including phenoxy) is 1. The molecule has 5 nitrogen and oxygen atoms in total. The van der Waals surface area contributed by atoms with Gasteiger partial charge in [-0.1, -0.05) is 13.8 Å². The van der Waals surface area contributed by atoms with Crippen LogP contribution in [0.4, 0.5) is 5.82 Å². The zero-order valence-corrected chi connectivity index (χ0v) is 11.1. The van der Waals surface area contributed by atoms with Gasteiger partial charge in [0, 0.05) is 12.8 Å². The summed E-state index contributed by atoms with van der Waals surface area (Å²) in [4.78, 5) is 16.0. The molecule has 0 spiro atoms. The minimum atomic E-state index is -0.209. The highest BCUT2D eigenvalue weighted by Gasteiger charge is 2.18. The minimum absolute atomic E-state index is 0.0305. The van der Waals surface area contributed by atoms with Crippen molar-refractivity contribution in [2.45, 2.75) is 26.8 Å². The largest absolute Gasteiger partial charge is 0.383 e. The molecule has 1 atom stereocenters. The average Bonchev–Trinajstić information content (AvgIpc) is 2.34. The van der Waals surface area contributed by atoms with Crippen LogP contribution in [0.15, 0.2) is 18.3 Å². The summed E-state index contributed by atoms with van der Waals surface area (Å²) in [5.74, 6) is 0.325. The Bertz CT molecular complexity index is 394. The molecule has 1 unspecified atom stereocenters. The maximum atomic E-state index is 12.1. The summed E-state index contributed by atoms with van der Waals surface area (Å²) < 4.78 is 5.36. The van der Waals surface area contributed by atoms with Crippen LogP contribution in [0.3, 0.4) is 0 Å². The number of rotatable bonds is 6. The second-order valence-electron chi connectivity index (χ2n) is 4.42. The van der Waals surface area contributed by atoms with E-state index in [1.807, 2.05) is 20.8 Å². The van der Waals surface area contributed by atoms with Crippen molar-refractivity contribution < 1.29 is 9.53 Å². The van der Waals surface area contributed by atoms with Gasteiger partial charge in [-0.3, -0.25) is 4.79 Å². The second kappa shape index (κ2) is 6.96. The fourth-order valence-electron chi connectivity index (χ4n) is 1.50. The first-order valence-electron chi connectivity index (χ1n) is 6.15. The van der Waals surface area contributed by atoms with Crippen LogP contribution in [0.2, 0.25) is 0 Å². The second-order valence-corrected chi connectivity index (χ2v) is 4.42. The lowest BCUT2D eigenvalue weighted by Crippen LogP contribution is -2.42. The highest BCUT2D eigenvalue weighted by molar-refractivity contribution is 5.98. The van der Waals surface area contributed by atoms with Crippen molar-refractivity contribution in [1.29, 1.82) is 0 Å². The van der Waals surface area contributed by atoms with Crippen molar-refractivity contribution in [1.82, 2.24) is 10.3 Å². The van der Waals surface area contributed by atoms with E-state index in [2.05, 4.69) is 10.3 Å². The molecule has 0 aliphatic heterocycles. The van der Waals surface area contributed by atoms with Crippen LogP contribution in [-0.4, -0.2) is 30.1 Å². The van der Waals surface area contributed by atoms with Crippen LogP contribution in [0.1, 0.15) is 31.1 Å². The predicted molar refractivity (Wildman–Crippen MR) is 71.2 cm³/mol. The van der Waals surface area contributed by atoms with Crippen molar-refractivity contribution in [2.75, 3.05) is 18.9 Å². The van der Waals surface area contributed by atoms with Crippen molar-refractivity contribution >= 4 is 11.7 Å². The van der Waals surface area contributed by atoms with Gasteiger partial charge in [0.15, 0.2) is 0 Å². The number of anilines is 1. The number of pyridine rings is 1. The monoisotopic (exact) mass is 251 g/mol. The Labute approximate surface area is 108 Å². The zero-order chi connectivity index (χ0) is 13.5. The van der Waals surface area contributed by atoms with E-state index in [0.717, 1.165) is 0 Å². The smallest absolute Gasteiger partial charge is 0.255 e. The molecule has 5 heteroatoms. The Balaban J connectivity index is 2.69. The van der Waals surface area contributed by atoms with Gasteiger partial charge in [-0.25, -0.2) is 4.98 Å². The van der Waals surface area contributed by atoms with Crippen LogP contribution in [0.5, 0.6) is 0 Å². The summed E-state index contributed by atoms with van der Waals surface area (Å²) in [5.41, 5.74) is 6.07. The molecule has 1 aromatic rings. The number of carbonyl (C=O) groups excluding carboxylic acids is 1. The van der Waals surface area contributed by atoms with Crippen molar-refractivity contribution in [3.8, 4) is 0 Å². The number of hydrogen-bond acceptors (Lipinski definition) is 4. The molecule has 0 saturated heterocycles. The lowest BCUT2D eigenvalue weighted by Gasteiger charge is -2.22. The van der Waals surface area contributed by atoms with Crippen molar-refractivity contribution in [3.05, 3.63) is 23.9 Å². The number of nitrogen functional groups attached to an aromatic ring is 1. The summed E-state index contributed by atoms with van der Waals surface area (Å²) in [6.45, 7) is 7.14. The van der Waals surface area contributed by atoms with Gasteiger partial charge in [-0.05, 0) is 25.0 Å². The lowest BCUT2D eigenvalue weighted by atomic mass is 10.0. The maximum Gasteiger partial charge on any atom is 0.255 e. The Kier molecular flexibility index (Phi) is 5.58. The number of nitrogens with two attached hydrogens (primary N) is 1. The molecule has 1 rings (SSSR count). The fourth-order valence-corrected chi connectivity index (χ4v) is 1.50. The number of nitrogens with zero attached hydrogens (tertiary/aromatic N) is 1. The summed E-state index contributed by atoms with van der Waals surface area (Å²) in [5, 5.41) is 2.92. The van der Waals surface area contributed by atoms with Crippen molar-refractivity contribution in [3.63, 3.8) is 0 Å². The fraction of sp³-hybridized carbons (Fsp3) is 0.538. The summed E-state index contributed by atoms with van der Waals surface area (Å²) in [6, 6.07) is 3.32. The summed E-state index contributed by atoms with van der Waals surface area (Å²) in [7, 11) is 0. The van der Waals surface area contributed by atoms with E-state index in [1.54, 1.807) is 18.3 Å². The lowest BCUT2D eigenvalue weighted by molar-refractivity contribution is 0.0806. The van der Waals surface area contributed by atoms with E-state index in [-0.39, 0.29) is 17.8 Å². The number of hydrogen-bond donors (Lipinski definition) is 2. The maximum absolute atomic E-state index is 12.1. The van der Waals surface area contributed by atoms with Gasteiger partial charge < -0.3 is 15.8 Å². The third-order valence-electron chi connectivity index (χ3n) is 2.71. The molecule has 0 saturated carbocycles. The van der Waals surface area contributed by atoms with Gasteiger partial charge in [0.2, 0.25) is 0 Å². The van der Waals surface area contributed by atoms with Crippen LogP contribution in [-0.2, 0) is 4.74 Å². The molecule has 0 aromatic carbocycles. The Morgan fingerprint density at radius 1 is 1.56 bits per heavy atom. The molecule has 18 heavy (non-hydrogen) atoms. The van der Waals surface area contributed by atoms with E-state index >= 15 is 0 Å². The zero-order valence-electron chi connectivity index (χ0n) is 11.1. The van der Waals surface area contributed by atoms with E-state index in [9.17, 15) is 4.79 Å². The van der Waals surface area contributed by atoms with Gasteiger partial charge in [-0.15, -0.1) is 0 Å². The number of aromatic nitrogens is 1. The quantitative estimate of drug-likeness (QED) is 0.802. The molecule has 3 N–H and O–H groups in total. The molecule has 0 aliphatic carbocycles. The van der Waals surface area contributed by atoms with E-state index < -0.39 is 0 Å². The molecule has 0 bridgehead atoms. The van der Waals surface area contributed by atoms with Crippen LogP contribution in [0, 0.1) is 5.92 Å². The first kappa shape index (κ1) is 14.4. The Morgan fingerprint density at radius 3 is 2.83 bits per heavy atom. The molecular weight excluding hydrogens is 230 g/mol. The van der Waals surface area contributed by atoms with Crippen LogP contribution in [0.25, 0.3) is 0 Å². The van der Waals surface area contributed by atoms with Gasteiger partial charge >= 0.3 is 0 Å². The summed E-state index contributed by atoms with van der Waals surface area (Å²) in [6.07, 6.45) is 1.56. The highest BCUT2D eigenvalue weighted by atomic mass is 16.5. The van der Waals surface area contributed by atoms with E-state index in [1.165, 1.54) is 0 Å². The SMILES string of the molecule is CCOCC(NC(=O)c1cccnc1N)C(C)C. The molecule has 0 radical (unpaired) electrons. The molecule has 1 heterocycles. The standard InChI is InChI=1S/C13H21N3O2/c1-4-18-8-11(9(2)3)16-13(17)10-6-5-7-15-12(10)14/h5-7,9,11H,4,8H2,1-3H3,(H2,14,15)(H,16,17). The molecule has 100 valence electrons. The predicted octanol–water partition coefficient (Wildman–Crippen LogP) is 1.45. The van der Waals surface area contributed by atoms with Gasteiger partial charge in [0.1, 0.15) is 5.82 Å². The van der Waals surface area contributed by atoms with Crippen LogP contribution >= 0.6 is 0 Å².